The molecule has 4 aromatic rings. The molecule has 20 nitrogen and oxygen atoms in total. The number of benzene rings is 4. The minimum atomic E-state index is -0.713. The molecule has 4 aliphatic rings. The number of anilines is 4. The number of aryl methyl sites for hydroxylation is 1. The monoisotopic (exact) mass is 1600 g/mol. The van der Waals surface area contributed by atoms with Crippen molar-refractivity contribution < 1.29 is 57.3 Å². The van der Waals surface area contributed by atoms with Gasteiger partial charge < -0.3 is 62.8 Å². The molecule has 0 heterocycles. The van der Waals surface area contributed by atoms with Crippen molar-refractivity contribution in [1.82, 2.24) is 0 Å². The minimum Gasteiger partial charge on any atom is -0.465 e. The van der Waals surface area contributed by atoms with Crippen LogP contribution in [0.5, 0.6) is 0 Å². The molecule has 0 unspecified atom stereocenters. The highest BCUT2D eigenvalue weighted by atomic mass is 16.5. The molecule has 8 atom stereocenters. The van der Waals surface area contributed by atoms with Crippen molar-refractivity contribution in [3.63, 3.8) is 0 Å². The number of amides is 4. The molecule has 8 rings (SSSR count). The third-order valence-electron chi connectivity index (χ3n) is 21.6. The summed E-state index contributed by atoms with van der Waals surface area (Å²) < 4.78 is 22.2. The average molecular weight is 1600 g/mol. The molecule has 20 heteroatoms. The Balaban J connectivity index is 1.29. The molecule has 4 aromatic carbocycles. The van der Waals surface area contributed by atoms with Crippen molar-refractivity contribution in [2.24, 2.45) is 64.5 Å². The topological polar surface area (TPSA) is 324 Å². The molecule has 0 aliphatic heterocycles. The van der Waals surface area contributed by atoms with Crippen LogP contribution in [0.4, 0.5) is 22.7 Å². The van der Waals surface area contributed by atoms with Gasteiger partial charge in [0.2, 0.25) is 23.6 Å². The highest BCUT2D eigenvalue weighted by Crippen LogP contribution is 2.47. The lowest BCUT2D eigenvalue weighted by atomic mass is 9.79. The average Bonchev–Trinajstić information content (AvgIpc) is 1.70. The Morgan fingerprint density at radius 2 is 0.769 bits per heavy atom. The second kappa shape index (κ2) is 41.0. The molecular weight excluding hydrogens is 1470 g/mol. The third-order valence-corrected chi connectivity index (χ3v) is 21.6. The van der Waals surface area contributed by atoms with Crippen LogP contribution in [-0.2, 0) is 85.4 Å². The molecule has 0 radical (unpaired) electrons. The molecule has 4 saturated carbocycles. The second-order valence-electron chi connectivity index (χ2n) is 35.6. The van der Waals surface area contributed by atoms with E-state index < -0.39 is 94.8 Å². The maximum absolute atomic E-state index is 14.6. The van der Waals surface area contributed by atoms with E-state index in [0.717, 1.165) is 47.9 Å². The number of hydrogen-bond donors (Lipinski definition) is 8. The first-order chi connectivity index (χ1) is 55.3. The summed E-state index contributed by atoms with van der Waals surface area (Å²) in [6.07, 6.45) is 27.2. The summed E-state index contributed by atoms with van der Waals surface area (Å²) in [5, 5.41) is 22.4. The van der Waals surface area contributed by atoms with Crippen LogP contribution in [0.25, 0.3) is 16.7 Å². The molecule has 4 aliphatic carbocycles. The molecule has 0 saturated heterocycles. The van der Waals surface area contributed by atoms with E-state index in [0.29, 0.717) is 44.1 Å². The smallest absolute Gasteiger partial charge is 0.309 e. The molecule has 4 amide bonds. The number of ether oxygens (including phenoxy) is 4. The lowest BCUT2D eigenvalue weighted by Crippen LogP contribution is -2.22. The number of allylic oxidation sites excluding steroid dienone is 14. The van der Waals surface area contributed by atoms with E-state index >= 15 is 0 Å². The lowest BCUT2D eigenvalue weighted by Gasteiger charge is -2.26. The van der Waals surface area contributed by atoms with Gasteiger partial charge in [0.25, 0.3) is 0 Å². The molecule has 11 N–H and O–H groups in total. The van der Waals surface area contributed by atoms with Gasteiger partial charge in [-0.1, -0.05) is 234 Å². The summed E-state index contributed by atoms with van der Waals surface area (Å²) in [5.74, 6) is -9.13. The number of carbonyl (C=O) groups excluding carboxylic acids is 8. The summed E-state index contributed by atoms with van der Waals surface area (Å²) in [6, 6.07) is 23.2. The maximum Gasteiger partial charge on any atom is 0.309 e. The Kier molecular flexibility index (Phi) is 32.2. The number of hydrogen-bond acceptors (Lipinski definition) is 16. The van der Waals surface area contributed by atoms with Crippen LogP contribution < -0.4 is 38.5 Å². The number of nitrogens with two attached hydrogens (primary N) is 3. The number of nitrogens with one attached hydrogen (secondary N) is 5. The van der Waals surface area contributed by atoms with Crippen molar-refractivity contribution in [2.75, 3.05) is 47.7 Å². The van der Waals surface area contributed by atoms with Gasteiger partial charge in [0.05, 0.1) is 102 Å². The van der Waals surface area contributed by atoms with Gasteiger partial charge in [0.1, 0.15) is 0 Å². The third kappa shape index (κ3) is 25.9. The molecule has 0 aromatic heterocycles. The second-order valence-corrected chi connectivity index (χ2v) is 35.6. The first-order valence-corrected chi connectivity index (χ1v) is 41.9. The van der Waals surface area contributed by atoms with E-state index in [1.54, 1.807) is 78.9 Å². The first-order valence-electron chi connectivity index (χ1n) is 41.9. The van der Waals surface area contributed by atoms with E-state index in [2.05, 4.69) is 147 Å². The summed E-state index contributed by atoms with van der Waals surface area (Å²) in [6.45, 7) is 38.9. The van der Waals surface area contributed by atoms with Crippen LogP contribution in [0.3, 0.4) is 0 Å². The van der Waals surface area contributed by atoms with Crippen LogP contribution in [-0.4, -0.2) is 79.6 Å². The number of carbonyl (C=O) groups is 8. The van der Waals surface area contributed by atoms with Gasteiger partial charge in [0, 0.05) is 39.4 Å². The van der Waals surface area contributed by atoms with Gasteiger partial charge >= 0.3 is 23.9 Å². The highest BCUT2D eigenvalue weighted by molar-refractivity contribution is 6.31. The summed E-state index contributed by atoms with van der Waals surface area (Å²) in [7, 11) is 0. The Morgan fingerprint density at radius 1 is 0.436 bits per heavy atom. The van der Waals surface area contributed by atoms with Crippen molar-refractivity contribution in [3.8, 4) is 0 Å². The zero-order chi connectivity index (χ0) is 85.9. The summed E-state index contributed by atoms with van der Waals surface area (Å²) in [5.41, 5.74) is 30.1. The first kappa shape index (κ1) is 91.9. The minimum absolute atomic E-state index is 0.0626. The largest absolute Gasteiger partial charge is 0.465 e. The standard InChI is InChI=1S/C97H128N8O12/c1-18-23-37-74(98)82(84-78(102-86(106)66-55-70(66)90(110)114-45-24-19-2)41-32-42-79(84)103-87(107)67-56-71(67)91(111)115-46-25-20-3)76(100)39-30-35-60(61-51-64(96(12,13)14)54-65(52-61)97(15,16)17)36-31-40-77(101)83(75(99)38-29-28-34-59-49-62(94(6,7)8)53-63(50-59)95(9,10)11)85-80(104-88(108)68-57-72(68)92(112)116-47-26-21-4)43-33-44-81(85)105-89(109)69-58-73(69)93(113)117-48-27-22-5/h18,23,29-33,35-44,49-54,66-73,100H,1,19-22,24-28,34,45-48,55-58,98-99,101H2,2-17H3,(H,102,106)(H,103,107)(H,104,108)(H,105,109)/b36-31+,37-23-,38-29-,39-30-,60-35-,77-40-,82-74+,83-75+,100-76?/t66-,67-,68-,69-,70-,71-,72-,73-/m1/s1. The van der Waals surface area contributed by atoms with Gasteiger partial charge in [-0.3, -0.25) is 38.4 Å². The Labute approximate surface area is 694 Å². The van der Waals surface area contributed by atoms with E-state index in [9.17, 15) is 43.8 Å². The summed E-state index contributed by atoms with van der Waals surface area (Å²) in [4.78, 5) is 111. The fourth-order valence-corrected chi connectivity index (χ4v) is 13.6. The highest BCUT2D eigenvalue weighted by Gasteiger charge is 2.53. The van der Waals surface area contributed by atoms with Gasteiger partial charge in [-0.25, -0.2) is 0 Å². The predicted molar refractivity (Wildman–Crippen MR) is 470 cm³/mol. The molecule has 628 valence electrons. The Bertz CT molecular complexity index is 4410. The Morgan fingerprint density at radius 3 is 1.11 bits per heavy atom. The molecule has 0 spiro atoms. The van der Waals surface area contributed by atoms with Crippen LogP contribution in [0.15, 0.2) is 163 Å². The molecule has 0 bridgehead atoms. The quantitative estimate of drug-likeness (QED) is 0.00677. The van der Waals surface area contributed by atoms with Gasteiger partial charge in [-0.15, -0.1) is 0 Å². The normalized spacial score (nSPS) is 19.8. The Hall–Kier alpha value is -10.6. The van der Waals surface area contributed by atoms with Crippen molar-refractivity contribution in [3.05, 3.63) is 208 Å². The fourth-order valence-electron chi connectivity index (χ4n) is 13.6. The number of rotatable bonds is 39. The molecular formula is C97H128N8O12. The van der Waals surface area contributed by atoms with Gasteiger partial charge in [-0.05, 0) is 173 Å². The van der Waals surface area contributed by atoms with Crippen molar-refractivity contribution >= 4 is 92.7 Å². The van der Waals surface area contributed by atoms with Crippen molar-refractivity contribution in [1.29, 1.82) is 5.41 Å². The zero-order valence-electron chi connectivity index (χ0n) is 72.0. The van der Waals surface area contributed by atoms with Crippen LogP contribution in [0, 0.1) is 52.8 Å². The zero-order valence-corrected chi connectivity index (χ0v) is 72.0. The SMILES string of the molecule is C=C/C=C\C(N)=C(\C(=N)\C=C/C=C(/C=C/C=C(N)/C(=C(N)/C=C\CCc1cc(C(C)(C)C)cc(C(C)(C)C)c1)c1c(NC(=O)[C@@H]2C[C@H]2C(=O)OCCCC)cccc1NC(=O)[C@@H]1C[C@H]1C(=O)OCCCC)c1cc(C(C)(C)C)cc(C(C)(C)C)c1)c1c(NC(=O)[C@@H]2C[C@H]2C(=O)OCCCC)cccc1NC(=O)[C@@H]1C[C@H]1C(=O)OCCCC. The van der Waals surface area contributed by atoms with E-state index in [4.69, 9.17) is 36.1 Å². The van der Waals surface area contributed by atoms with Crippen LogP contribution >= 0.6 is 0 Å². The van der Waals surface area contributed by atoms with Crippen LogP contribution in [0.2, 0.25) is 0 Å². The van der Waals surface area contributed by atoms with E-state index in [1.807, 2.05) is 45.9 Å². The molecule has 4 fully saturated rings. The number of unbranched alkanes of at least 4 members (excludes halogenated alkanes) is 4. The van der Waals surface area contributed by atoms with Gasteiger partial charge in [-0.2, -0.15) is 0 Å². The van der Waals surface area contributed by atoms with E-state index in [1.165, 1.54) is 17.2 Å². The lowest BCUT2D eigenvalue weighted by molar-refractivity contribution is -0.147. The van der Waals surface area contributed by atoms with Crippen LogP contribution in [0.1, 0.15) is 239 Å². The van der Waals surface area contributed by atoms with Crippen molar-refractivity contribution in [2.45, 2.75) is 222 Å². The maximum atomic E-state index is 14.6. The fraction of sp³-hybridized carbons (Fsp3) is 0.474. The molecule has 117 heavy (non-hydrogen) atoms. The number of esters is 4. The van der Waals surface area contributed by atoms with E-state index in [-0.39, 0.29) is 142 Å². The summed E-state index contributed by atoms with van der Waals surface area (Å²) >= 11 is 0. The van der Waals surface area contributed by atoms with Gasteiger partial charge in [0.15, 0.2) is 0 Å². The predicted octanol–water partition coefficient (Wildman–Crippen LogP) is 18.6.